The average molecular weight is 474 g/mol. The van der Waals surface area contributed by atoms with Crippen LogP contribution in [0.3, 0.4) is 0 Å². The van der Waals surface area contributed by atoms with Gasteiger partial charge in [-0.05, 0) is 48.9 Å². The van der Waals surface area contributed by atoms with E-state index in [4.69, 9.17) is 21.2 Å². The minimum absolute atomic E-state index is 0.353. The van der Waals surface area contributed by atoms with Crippen molar-refractivity contribution in [1.82, 2.24) is 19.9 Å². The van der Waals surface area contributed by atoms with Gasteiger partial charge in [0.05, 0.1) is 12.2 Å². The third-order valence-electron chi connectivity index (χ3n) is 6.89. The molecule has 0 spiro atoms. The Kier molecular flexibility index (Phi) is 5.21. The summed E-state index contributed by atoms with van der Waals surface area (Å²) in [7, 11) is 0. The van der Waals surface area contributed by atoms with E-state index in [0.29, 0.717) is 30.1 Å². The van der Waals surface area contributed by atoms with Crippen LogP contribution >= 0.6 is 11.3 Å². The second kappa shape index (κ2) is 8.39. The van der Waals surface area contributed by atoms with Gasteiger partial charge in [-0.1, -0.05) is 30.7 Å². The number of ether oxygens (including phenoxy) is 1. The fraction of sp³-hybridized carbons (Fsp3) is 0.360. The number of hydrogen-bond donors (Lipinski definition) is 2. The molecule has 1 aliphatic carbocycles. The Morgan fingerprint density at radius 1 is 1.15 bits per heavy atom. The standard InChI is InChI=1S/C25H27N7OS/c1-2-14-3-5-18-19(9-14)29-24(26)31-22(18)32-7-8-33-21-6-4-15(10-17(21)13-32)16-11-20-23(28-12-16)34-25(27)30-20/h4,6,10-12,14H,2-3,5,7-9,13H2,1H3,(H2,27,30)(H2,26,29,31)/t14-/m0/s1. The first kappa shape index (κ1) is 21.1. The number of anilines is 3. The molecule has 0 saturated carbocycles. The Hall–Kier alpha value is -3.46. The van der Waals surface area contributed by atoms with E-state index in [1.54, 1.807) is 0 Å². The normalized spacial score (nSPS) is 17.7. The van der Waals surface area contributed by atoms with Crippen LogP contribution in [0.5, 0.6) is 5.75 Å². The maximum absolute atomic E-state index is 6.16. The van der Waals surface area contributed by atoms with Gasteiger partial charge >= 0.3 is 0 Å². The number of thiazole rings is 1. The van der Waals surface area contributed by atoms with Gasteiger partial charge in [0.1, 0.15) is 28.5 Å². The molecule has 0 saturated heterocycles. The van der Waals surface area contributed by atoms with Crippen molar-refractivity contribution in [2.24, 2.45) is 5.92 Å². The van der Waals surface area contributed by atoms with E-state index in [9.17, 15) is 0 Å². The molecule has 0 amide bonds. The van der Waals surface area contributed by atoms with E-state index in [1.165, 1.54) is 29.7 Å². The lowest BCUT2D eigenvalue weighted by molar-refractivity contribution is 0.331. The summed E-state index contributed by atoms with van der Waals surface area (Å²) in [6.45, 7) is 4.28. The van der Waals surface area contributed by atoms with Crippen molar-refractivity contribution in [3.05, 3.63) is 47.3 Å². The van der Waals surface area contributed by atoms with Crippen LogP contribution in [0.25, 0.3) is 21.5 Å². The van der Waals surface area contributed by atoms with Crippen LogP contribution in [0.2, 0.25) is 0 Å². The van der Waals surface area contributed by atoms with E-state index in [1.807, 2.05) is 18.3 Å². The predicted molar refractivity (Wildman–Crippen MR) is 136 cm³/mol. The lowest BCUT2D eigenvalue weighted by Crippen LogP contribution is -2.30. The van der Waals surface area contributed by atoms with Gasteiger partial charge in [-0.15, -0.1) is 0 Å². The minimum Gasteiger partial charge on any atom is -0.491 e. The molecule has 0 unspecified atom stereocenters. The Morgan fingerprint density at radius 2 is 2.06 bits per heavy atom. The molecule has 34 heavy (non-hydrogen) atoms. The zero-order chi connectivity index (χ0) is 23.2. The Labute approximate surface area is 202 Å². The molecule has 6 rings (SSSR count). The molecule has 4 heterocycles. The zero-order valence-electron chi connectivity index (χ0n) is 19.1. The highest BCUT2D eigenvalue weighted by Crippen LogP contribution is 2.36. The van der Waals surface area contributed by atoms with Crippen LogP contribution in [0, 0.1) is 5.92 Å². The molecule has 0 radical (unpaired) electrons. The van der Waals surface area contributed by atoms with E-state index < -0.39 is 0 Å². The minimum atomic E-state index is 0.353. The molecule has 1 aliphatic heterocycles. The van der Waals surface area contributed by atoms with Crippen molar-refractivity contribution in [1.29, 1.82) is 0 Å². The molecule has 174 valence electrons. The molecule has 4 aromatic rings. The molecule has 0 bridgehead atoms. The first-order valence-electron chi connectivity index (χ1n) is 11.8. The number of aromatic nitrogens is 4. The average Bonchev–Trinajstić information content (AvgIpc) is 3.08. The van der Waals surface area contributed by atoms with Gasteiger partial charge in [-0.25, -0.2) is 15.0 Å². The molecule has 2 aliphatic rings. The van der Waals surface area contributed by atoms with Gasteiger partial charge in [-0.3, -0.25) is 0 Å². The zero-order valence-corrected chi connectivity index (χ0v) is 19.9. The van der Waals surface area contributed by atoms with Crippen LogP contribution in [0.1, 0.15) is 36.6 Å². The smallest absolute Gasteiger partial charge is 0.222 e. The van der Waals surface area contributed by atoms with Crippen LogP contribution in [0.15, 0.2) is 30.5 Å². The summed E-state index contributed by atoms with van der Waals surface area (Å²) in [5.41, 5.74) is 18.4. The number of rotatable bonds is 3. The molecule has 9 heteroatoms. The second-order valence-corrected chi connectivity index (χ2v) is 10.0. The van der Waals surface area contributed by atoms with Gasteiger partial charge < -0.3 is 21.1 Å². The summed E-state index contributed by atoms with van der Waals surface area (Å²) in [5.74, 6) is 2.89. The van der Waals surface area contributed by atoms with E-state index in [0.717, 1.165) is 63.7 Å². The Bertz CT molecular complexity index is 1390. The third kappa shape index (κ3) is 3.79. The first-order valence-corrected chi connectivity index (χ1v) is 12.6. The summed E-state index contributed by atoms with van der Waals surface area (Å²) in [5, 5.41) is 0.531. The second-order valence-electron chi connectivity index (χ2n) is 9.04. The largest absolute Gasteiger partial charge is 0.491 e. The first-order chi connectivity index (χ1) is 16.6. The van der Waals surface area contributed by atoms with Crippen molar-refractivity contribution in [3.8, 4) is 16.9 Å². The van der Waals surface area contributed by atoms with Crippen LogP contribution in [0.4, 0.5) is 16.9 Å². The van der Waals surface area contributed by atoms with E-state index >= 15 is 0 Å². The van der Waals surface area contributed by atoms with Crippen molar-refractivity contribution >= 4 is 38.6 Å². The topological polar surface area (TPSA) is 116 Å². The SMILES string of the molecule is CC[C@H]1CCc2c(nc(N)nc2N2CCOc3ccc(-c4cnc5sc(N)nc5c4)cc3C2)C1. The number of nitrogen functional groups attached to an aromatic ring is 2. The molecular weight excluding hydrogens is 446 g/mol. The molecule has 1 atom stereocenters. The van der Waals surface area contributed by atoms with Crippen molar-refractivity contribution < 1.29 is 4.74 Å². The highest BCUT2D eigenvalue weighted by Gasteiger charge is 2.27. The lowest BCUT2D eigenvalue weighted by Gasteiger charge is -2.29. The van der Waals surface area contributed by atoms with Crippen LogP contribution in [-0.4, -0.2) is 33.1 Å². The van der Waals surface area contributed by atoms with E-state index in [2.05, 4.69) is 38.9 Å². The van der Waals surface area contributed by atoms with Crippen molar-refractivity contribution in [3.63, 3.8) is 0 Å². The Morgan fingerprint density at radius 3 is 2.94 bits per heavy atom. The summed E-state index contributed by atoms with van der Waals surface area (Å²) in [6.07, 6.45) is 6.19. The number of nitrogens with zero attached hydrogens (tertiary/aromatic N) is 5. The summed E-state index contributed by atoms with van der Waals surface area (Å²) >= 11 is 1.40. The van der Waals surface area contributed by atoms with Crippen LogP contribution in [-0.2, 0) is 19.4 Å². The molecule has 8 nitrogen and oxygen atoms in total. The highest BCUT2D eigenvalue weighted by atomic mass is 32.1. The van der Waals surface area contributed by atoms with Crippen LogP contribution < -0.4 is 21.1 Å². The molecule has 3 aromatic heterocycles. The fourth-order valence-electron chi connectivity index (χ4n) is 5.05. The predicted octanol–water partition coefficient (Wildman–Crippen LogP) is 4.23. The maximum Gasteiger partial charge on any atom is 0.222 e. The monoisotopic (exact) mass is 473 g/mol. The van der Waals surface area contributed by atoms with Crippen molar-refractivity contribution in [2.45, 2.75) is 39.2 Å². The number of pyridine rings is 1. The number of nitrogens with two attached hydrogens (primary N) is 2. The molecule has 0 fully saturated rings. The van der Waals surface area contributed by atoms with E-state index in [-0.39, 0.29) is 0 Å². The van der Waals surface area contributed by atoms with Gasteiger partial charge in [0.25, 0.3) is 0 Å². The fourth-order valence-corrected chi connectivity index (χ4v) is 5.70. The lowest BCUT2D eigenvalue weighted by atomic mass is 9.85. The Balaban J connectivity index is 1.35. The number of hydrogen-bond acceptors (Lipinski definition) is 9. The molecule has 1 aromatic carbocycles. The van der Waals surface area contributed by atoms with Gasteiger partial charge in [0.15, 0.2) is 5.13 Å². The third-order valence-corrected chi connectivity index (χ3v) is 7.70. The van der Waals surface area contributed by atoms with Gasteiger partial charge in [0, 0.05) is 29.4 Å². The quantitative estimate of drug-likeness (QED) is 0.454. The summed E-state index contributed by atoms with van der Waals surface area (Å²) < 4.78 is 6.11. The number of fused-ring (bicyclic) bond motifs is 3. The highest BCUT2D eigenvalue weighted by molar-refractivity contribution is 7.21. The summed E-state index contributed by atoms with van der Waals surface area (Å²) in [4.78, 5) is 21.4. The maximum atomic E-state index is 6.16. The van der Waals surface area contributed by atoms with Gasteiger partial charge in [-0.2, -0.15) is 4.98 Å². The number of benzene rings is 1. The summed E-state index contributed by atoms with van der Waals surface area (Å²) in [6, 6.07) is 8.33. The van der Waals surface area contributed by atoms with Crippen molar-refractivity contribution in [2.75, 3.05) is 29.5 Å². The molecular formula is C25H27N7OS. The molecule has 4 N–H and O–H groups in total. The van der Waals surface area contributed by atoms with Gasteiger partial charge in [0.2, 0.25) is 5.95 Å².